The summed E-state index contributed by atoms with van der Waals surface area (Å²) in [4.78, 5) is 35.1. The summed E-state index contributed by atoms with van der Waals surface area (Å²) < 4.78 is 13.6. The van der Waals surface area contributed by atoms with Crippen LogP contribution >= 0.6 is 11.8 Å². The molecule has 7 nitrogen and oxygen atoms in total. The molecule has 3 aromatic carbocycles. The normalized spacial score (nSPS) is 10.3. The molecule has 0 aromatic heterocycles. The molecule has 0 spiro atoms. The zero-order chi connectivity index (χ0) is 21.5. The number of anilines is 2. The molecular weight excluding hydrogens is 409 g/mol. The molecule has 0 aliphatic carbocycles. The maximum Gasteiger partial charge on any atom is 0.269 e. The van der Waals surface area contributed by atoms with E-state index >= 15 is 0 Å². The number of nitrogens with one attached hydrogen (secondary N) is 2. The highest BCUT2D eigenvalue weighted by Crippen LogP contribution is 2.22. The number of amides is 2. The highest BCUT2D eigenvalue weighted by molar-refractivity contribution is 8.00. The van der Waals surface area contributed by atoms with Crippen LogP contribution in [-0.2, 0) is 4.79 Å². The first-order chi connectivity index (χ1) is 14.4. The van der Waals surface area contributed by atoms with Crippen molar-refractivity contribution in [3.05, 3.63) is 94.3 Å². The van der Waals surface area contributed by atoms with Gasteiger partial charge in [-0.2, -0.15) is 0 Å². The molecule has 2 N–H and O–H groups in total. The van der Waals surface area contributed by atoms with Crippen LogP contribution in [0.2, 0.25) is 0 Å². The third kappa shape index (κ3) is 5.65. The second-order valence-corrected chi connectivity index (χ2v) is 7.15. The lowest BCUT2D eigenvalue weighted by atomic mass is 10.2. The number of non-ortho nitro benzene ring substituents is 1. The van der Waals surface area contributed by atoms with Crippen LogP contribution in [0.15, 0.2) is 77.7 Å². The van der Waals surface area contributed by atoms with E-state index in [-0.39, 0.29) is 23.0 Å². The SMILES string of the molecule is O=C(CSc1ccc(NC(=O)c2ccc([N+](=O)[O-])cc2)cc1)Nc1ccccc1F. The lowest BCUT2D eigenvalue weighted by molar-refractivity contribution is -0.384. The smallest absolute Gasteiger partial charge is 0.269 e. The van der Waals surface area contributed by atoms with Gasteiger partial charge in [-0.05, 0) is 48.5 Å². The first kappa shape index (κ1) is 21.0. The van der Waals surface area contributed by atoms with Gasteiger partial charge in [0.1, 0.15) is 5.82 Å². The quantitative estimate of drug-likeness (QED) is 0.324. The number of rotatable bonds is 7. The van der Waals surface area contributed by atoms with Crippen molar-refractivity contribution in [3.63, 3.8) is 0 Å². The Morgan fingerprint density at radius 1 is 0.933 bits per heavy atom. The monoisotopic (exact) mass is 425 g/mol. The van der Waals surface area contributed by atoms with Gasteiger partial charge in [0, 0.05) is 28.3 Å². The lowest BCUT2D eigenvalue weighted by Gasteiger charge is -2.08. The Kier molecular flexibility index (Phi) is 6.76. The standard InChI is InChI=1S/C21H16FN3O4S/c22-18-3-1-2-4-19(18)24-20(26)13-30-17-11-7-15(8-12-17)23-21(27)14-5-9-16(10-6-14)25(28)29/h1-12H,13H2,(H,23,27)(H,24,26). The van der Waals surface area contributed by atoms with Gasteiger partial charge in [0.2, 0.25) is 5.91 Å². The number of nitro groups is 1. The van der Waals surface area contributed by atoms with Crippen LogP contribution in [0.3, 0.4) is 0 Å². The van der Waals surface area contributed by atoms with E-state index in [9.17, 15) is 24.1 Å². The molecule has 0 radical (unpaired) electrons. The Morgan fingerprint density at radius 2 is 1.60 bits per heavy atom. The summed E-state index contributed by atoms with van der Waals surface area (Å²) in [5, 5.41) is 15.9. The van der Waals surface area contributed by atoms with Crippen LogP contribution < -0.4 is 10.6 Å². The summed E-state index contributed by atoms with van der Waals surface area (Å²) >= 11 is 1.27. The van der Waals surface area contributed by atoms with Gasteiger partial charge in [-0.1, -0.05) is 12.1 Å². The molecule has 0 bridgehead atoms. The lowest BCUT2D eigenvalue weighted by Crippen LogP contribution is -2.15. The van der Waals surface area contributed by atoms with Gasteiger partial charge in [0.05, 0.1) is 16.4 Å². The van der Waals surface area contributed by atoms with Gasteiger partial charge in [-0.3, -0.25) is 19.7 Å². The van der Waals surface area contributed by atoms with Gasteiger partial charge in [-0.15, -0.1) is 11.8 Å². The van der Waals surface area contributed by atoms with Crippen molar-refractivity contribution in [2.75, 3.05) is 16.4 Å². The van der Waals surface area contributed by atoms with E-state index in [1.54, 1.807) is 36.4 Å². The Bertz CT molecular complexity index is 1070. The first-order valence-corrected chi connectivity index (χ1v) is 9.74. The van der Waals surface area contributed by atoms with Crippen LogP contribution in [0.1, 0.15) is 10.4 Å². The zero-order valence-electron chi connectivity index (χ0n) is 15.5. The van der Waals surface area contributed by atoms with Crippen molar-refractivity contribution < 1.29 is 18.9 Å². The van der Waals surface area contributed by atoms with Crippen molar-refractivity contribution in [3.8, 4) is 0 Å². The molecule has 3 aromatic rings. The molecule has 152 valence electrons. The van der Waals surface area contributed by atoms with Crippen molar-refractivity contribution in [1.82, 2.24) is 0 Å². The van der Waals surface area contributed by atoms with Crippen LogP contribution in [0.25, 0.3) is 0 Å². The van der Waals surface area contributed by atoms with E-state index in [0.717, 1.165) is 4.90 Å². The number of benzene rings is 3. The molecule has 0 heterocycles. The fraction of sp³-hybridized carbons (Fsp3) is 0.0476. The zero-order valence-corrected chi connectivity index (χ0v) is 16.3. The molecule has 0 unspecified atom stereocenters. The molecule has 0 aliphatic heterocycles. The van der Waals surface area contributed by atoms with E-state index in [0.29, 0.717) is 11.3 Å². The molecule has 3 rings (SSSR count). The van der Waals surface area contributed by atoms with Crippen LogP contribution in [-0.4, -0.2) is 22.5 Å². The number of nitrogens with zero attached hydrogens (tertiary/aromatic N) is 1. The summed E-state index contributed by atoms with van der Waals surface area (Å²) in [6.45, 7) is 0. The minimum Gasteiger partial charge on any atom is -0.323 e. The highest BCUT2D eigenvalue weighted by atomic mass is 32.2. The van der Waals surface area contributed by atoms with Gasteiger partial charge in [0.25, 0.3) is 11.6 Å². The van der Waals surface area contributed by atoms with E-state index in [1.807, 2.05) is 0 Å². The number of carbonyl (C=O) groups is 2. The Balaban J connectivity index is 1.52. The fourth-order valence-corrected chi connectivity index (χ4v) is 3.17. The van der Waals surface area contributed by atoms with Crippen molar-refractivity contribution >= 4 is 40.6 Å². The Hall–Kier alpha value is -3.72. The van der Waals surface area contributed by atoms with Crippen molar-refractivity contribution in [2.45, 2.75) is 4.90 Å². The summed E-state index contributed by atoms with van der Waals surface area (Å²) in [6, 6.07) is 18.1. The largest absolute Gasteiger partial charge is 0.323 e. The third-order valence-corrected chi connectivity index (χ3v) is 4.98. The van der Waals surface area contributed by atoms with E-state index in [2.05, 4.69) is 10.6 Å². The van der Waals surface area contributed by atoms with Crippen molar-refractivity contribution in [2.24, 2.45) is 0 Å². The number of carbonyl (C=O) groups excluding carboxylic acids is 2. The molecule has 0 saturated heterocycles. The molecule has 2 amide bonds. The van der Waals surface area contributed by atoms with Crippen molar-refractivity contribution in [1.29, 1.82) is 0 Å². The third-order valence-electron chi connectivity index (χ3n) is 3.97. The number of hydrogen-bond acceptors (Lipinski definition) is 5. The minimum atomic E-state index is -0.533. The summed E-state index contributed by atoms with van der Waals surface area (Å²) in [7, 11) is 0. The average molecular weight is 425 g/mol. The van der Waals surface area contributed by atoms with E-state index in [1.165, 1.54) is 48.2 Å². The average Bonchev–Trinajstić information content (AvgIpc) is 2.75. The molecule has 9 heteroatoms. The van der Waals surface area contributed by atoms with Crippen LogP contribution in [0.5, 0.6) is 0 Å². The van der Waals surface area contributed by atoms with Gasteiger partial charge >= 0.3 is 0 Å². The number of hydrogen-bond donors (Lipinski definition) is 2. The number of halogens is 1. The van der Waals surface area contributed by atoms with Gasteiger partial charge in [0.15, 0.2) is 0 Å². The molecule has 0 saturated carbocycles. The summed E-state index contributed by atoms with van der Waals surface area (Å²) in [6.07, 6.45) is 0. The van der Waals surface area contributed by atoms with Crippen LogP contribution in [0, 0.1) is 15.9 Å². The highest BCUT2D eigenvalue weighted by Gasteiger charge is 2.10. The maximum absolute atomic E-state index is 13.6. The first-order valence-electron chi connectivity index (χ1n) is 8.75. The maximum atomic E-state index is 13.6. The molecule has 30 heavy (non-hydrogen) atoms. The summed E-state index contributed by atoms with van der Waals surface area (Å²) in [5.41, 5.74) is 0.877. The van der Waals surface area contributed by atoms with Gasteiger partial charge in [-0.25, -0.2) is 4.39 Å². The molecule has 0 aliphatic rings. The van der Waals surface area contributed by atoms with E-state index in [4.69, 9.17) is 0 Å². The number of para-hydroxylation sites is 1. The molecule has 0 atom stereocenters. The number of thioether (sulfide) groups is 1. The fourth-order valence-electron chi connectivity index (χ4n) is 2.47. The Morgan fingerprint density at radius 3 is 2.23 bits per heavy atom. The molecule has 0 fully saturated rings. The second kappa shape index (κ2) is 9.66. The Labute approximate surface area is 175 Å². The predicted molar refractivity (Wildman–Crippen MR) is 113 cm³/mol. The second-order valence-electron chi connectivity index (χ2n) is 6.10. The predicted octanol–water partition coefficient (Wildman–Crippen LogP) is 4.72. The van der Waals surface area contributed by atoms with Crippen LogP contribution in [0.4, 0.5) is 21.5 Å². The minimum absolute atomic E-state index is 0.0908. The van der Waals surface area contributed by atoms with E-state index < -0.39 is 16.6 Å². The summed E-state index contributed by atoms with van der Waals surface area (Å²) in [5.74, 6) is -1.12. The topological polar surface area (TPSA) is 101 Å². The number of nitro benzene ring substituents is 1. The van der Waals surface area contributed by atoms with Gasteiger partial charge < -0.3 is 10.6 Å². The molecular formula is C21H16FN3O4S.